The number of hydrogen-bond donors (Lipinski definition) is 0. The van der Waals surface area contributed by atoms with Crippen molar-refractivity contribution in [3.8, 4) is 5.69 Å². The van der Waals surface area contributed by atoms with Crippen molar-refractivity contribution >= 4 is 17.3 Å². The van der Waals surface area contributed by atoms with Crippen LogP contribution in [0.4, 0.5) is 10.1 Å². The van der Waals surface area contributed by atoms with Gasteiger partial charge in [-0.2, -0.15) is 4.39 Å². The van der Waals surface area contributed by atoms with Crippen molar-refractivity contribution in [3.05, 3.63) is 46.0 Å². The molecule has 1 unspecified atom stereocenters. The normalized spacial score (nSPS) is 12.4. The average Bonchev–Trinajstić information content (AvgIpc) is 2.77. The Morgan fingerprint density at radius 3 is 2.78 bits per heavy atom. The molecule has 1 aromatic heterocycles. The standard InChI is InChI=1S/C10H8ClFN4O2/c1-6(11)9-5-15(14-13-9)7-2-3-10(16(17)18)8(12)4-7/h2-6H,1H3. The largest absolute Gasteiger partial charge is 0.304 e. The molecule has 1 atom stereocenters. The van der Waals surface area contributed by atoms with Crippen molar-refractivity contribution in [3.63, 3.8) is 0 Å². The molecule has 0 saturated carbocycles. The van der Waals surface area contributed by atoms with Crippen LogP contribution in [0.3, 0.4) is 0 Å². The lowest BCUT2D eigenvalue weighted by atomic mass is 10.2. The van der Waals surface area contributed by atoms with Gasteiger partial charge in [0.05, 0.1) is 22.2 Å². The molecular weight excluding hydrogens is 263 g/mol. The fourth-order valence-electron chi connectivity index (χ4n) is 1.37. The number of rotatable bonds is 3. The first-order chi connectivity index (χ1) is 8.49. The molecule has 8 heteroatoms. The zero-order valence-corrected chi connectivity index (χ0v) is 10.0. The van der Waals surface area contributed by atoms with Crippen molar-refractivity contribution in [1.82, 2.24) is 15.0 Å². The molecular formula is C10H8ClFN4O2. The number of halogens is 2. The minimum atomic E-state index is -0.923. The van der Waals surface area contributed by atoms with Crippen LogP contribution in [0.2, 0.25) is 0 Å². The maximum atomic E-state index is 13.4. The van der Waals surface area contributed by atoms with Gasteiger partial charge in [0.2, 0.25) is 5.82 Å². The third kappa shape index (κ3) is 2.30. The van der Waals surface area contributed by atoms with Crippen molar-refractivity contribution in [1.29, 1.82) is 0 Å². The highest BCUT2D eigenvalue weighted by Gasteiger charge is 2.15. The van der Waals surface area contributed by atoms with E-state index in [0.29, 0.717) is 11.4 Å². The Kier molecular flexibility index (Phi) is 3.24. The van der Waals surface area contributed by atoms with Gasteiger partial charge in [-0.3, -0.25) is 10.1 Å². The lowest BCUT2D eigenvalue weighted by Gasteiger charge is -2.00. The molecule has 1 aromatic carbocycles. The van der Waals surface area contributed by atoms with E-state index in [4.69, 9.17) is 11.6 Å². The first-order valence-electron chi connectivity index (χ1n) is 4.99. The average molecular weight is 271 g/mol. The Bertz CT molecular complexity index is 599. The van der Waals surface area contributed by atoms with Crippen LogP contribution in [-0.2, 0) is 0 Å². The van der Waals surface area contributed by atoms with Gasteiger partial charge in [-0.15, -0.1) is 16.7 Å². The van der Waals surface area contributed by atoms with Crippen LogP contribution in [0.5, 0.6) is 0 Å². The number of benzene rings is 1. The molecule has 0 fully saturated rings. The highest BCUT2D eigenvalue weighted by atomic mass is 35.5. The first-order valence-corrected chi connectivity index (χ1v) is 5.43. The van der Waals surface area contributed by atoms with Crippen molar-refractivity contribution in [2.45, 2.75) is 12.3 Å². The van der Waals surface area contributed by atoms with Crippen LogP contribution < -0.4 is 0 Å². The summed E-state index contributed by atoms with van der Waals surface area (Å²) >= 11 is 5.82. The molecule has 2 aromatic rings. The van der Waals surface area contributed by atoms with Gasteiger partial charge >= 0.3 is 5.69 Å². The lowest BCUT2D eigenvalue weighted by Crippen LogP contribution is -1.98. The van der Waals surface area contributed by atoms with Gasteiger partial charge < -0.3 is 0 Å². The molecule has 2 rings (SSSR count). The molecule has 0 saturated heterocycles. The minimum Gasteiger partial charge on any atom is -0.258 e. The predicted octanol–water partition coefficient (Wildman–Crippen LogP) is 2.61. The van der Waals surface area contributed by atoms with Crippen LogP contribution in [0, 0.1) is 15.9 Å². The maximum Gasteiger partial charge on any atom is 0.304 e. The molecule has 0 radical (unpaired) electrons. The molecule has 1 heterocycles. The third-order valence-electron chi connectivity index (χ3n) is 2.31. The number of nitro benzene ring substituents is 1. The number of nitrogens with zero attached hydrogens (tertiary/aromatic N) is 4. The van der Waals surface area contributed by atoms with E-state index in [9.17, 15) is 14.5 Å². The number of nitro groups is 1. The van der Waals surface area contributed by atoms with Gasteiger partial charge in [0.1, 0.15) is 5.69 Å². The molecule has 0 aliphatic carbocycles. The smallest absolute Gasteiger partial charge is 0.258 e. The summed E-state index contributed by atoms with van der Waals surface area (Å²) in [6.07, 6.45) is 1.54. The summed E-state index contributed by atoms with van der Waals surface area (Å²) < 4.78 is 14.7. The second kappa shape index (κ2) is 4.69. The van der Waals surface area contributed by atoms with Gasteiger partial charge in [-0.25, -0.2) is 4.68 Å². The zero-order chi connectivity index (χ0) is 13.3. The van der Waals surface area contributed by atoms with Gasteiger partial charge in [0.25, 0.3) is 0 Å². The monoisotopic (exact) mass is 270 g/mol. The fourth-order valence-corrected chi connectivity index (χ4v) is 1.47. The first kappa shape index (κ1) is 12.4. The molecule has 0 spiro atoms. The molecule has 18 heavy (non-hydrogen) atoms. The summed E-state index contributed by atoms with van der Waals surface area (Å²) in [4.78, 5) is 9.69. The van der Waals surface area contributed by atoms with E-state index < -0.39 is 16.4 Å². The van der Waals surface area contributed by atoms with Crippen molar-refractivity contribution in [2.75, 3.05) is 0 Å². The molecule has 6 nitrogen and oxygen atoms in total. The summed E-state index contributed by atoms with van der Waals surface area (Å²) in [7, 11) is 0. The van der Waals surface area contributed by atoms with Gasteiger partial charge in [0.15, 0.2) is 0 Å². The van der Waals surface area contributed by atoms with Crippen molar-refractivity contribution < 1.29 is 9.31 Å². The third-order valence-corrected chi connectivity index (χ3v) is 2.53. The Morgan fingerprint density at radius 1 is 1.56 bits per heavy atom. The van der Waals surface area contributed by atoms with Crippen molar-refractivity contribution in [2.24, 2.45) is 0 Å². The summed E-state index contributed by atoms with van der Waals surface area (Å²) in [5.41, 5.74) is 0.300. The molecule has 0 aliphatic rings. The van der Waals surface area contributed by atoms with E-state index in [0.717, 1.165) is 12.1 Å². The Labute approximate surface area is 106 Å². The number of hydrogen-bond acceptors (Lipinski definition) is 4. The van der Waals surface area contributed by atoms with Crippen LogP contribution >= 0.6 is 11.6 Å². The molecule has 94 valence electrons. The molecule has 0 aliphatic heterocycles. The summed E-state index contributed by atoms with van der Waals surface area (Å²) in [6, 6.07) is 3.49. The quantitative estimate of drug-likeness (QED) is 0.488. The predicted molar refractivity (Wildman–Crippen MR) is 62.2 cm³/mol. The van der Waals surface area contributed by atoms with Crippen LogP contribution in [-0.4, -0.2) is 19.9 Å². The highest BCUT2D eigenvalue weighted by Crippen LogP contribution is 2.21. The topological polar surface area (TPSA) is 73.8 Å². The molecule has 0 amide bonds. The fraction of sp³-hybridized carbons (Fsp3) is 0.200. The number of alkyl halides is 1. The lowest BCUT2D eigenvalue weighted by molar-refractivity contribution is -0.387. The molecule has 0 N–H and O–H groups in total. The van der Waals surface area contributed by atoms with E-state index in [1.54, 1.807) is 6.92 Å². The van der Waals surface area contributed by atoms with E-state index in [1.807, 2.05) is 0 Å². The second-order valence-electron chi connectivity index (χ2n) is 3.60. The summed E-state index contributed by atoms with van der Waals surface area (Å²) in [5, 5.41) is 17.7. The maximum absolute atomic E-state index is 13.4. The van der Waals surface area contributed by atoms with E-state index in [1.165, 1.54) is 16.9 Å². The number of aromatic nitrogens is 3. The van der Waals surface area contributed by atoms with Gasteiger partial charge in [0, 0.05) is 12.1 Å². The Balaban J connectivity index is 2.39. The van der Waals surface area contributed by atoms with E-state index in [-0.39, 0.29) is 5.38 Å². The van der Waals surface area contributed by atoms with Gasteiger partial charge in [-0.05, 0) is 13.0 Å². The van der Waals surface area contributed by atoms with Crippen LogP contribution in [0.1, 0.15) is 18.0 Å². The van der Waals surface area contributed by atoms with E-state index >= 15 is 0 Å². The molecule has 0 bridgehead atoms. The highest BCUT2D eigenvalue weighted by molar-refractivity contribution is 6.20. The summed E-state index contributed by atoms with van der Waals surface area (Å²) in [6.45, 7) is 1.73. The Hall–Kier alpha value is -2.02. The SMILES string of the molecule is CC(Cl)c1cn(-c2ccc([N+](=O)[O-])c(F)c2)nn1. The van der Waals surface area contributed by atoms with Crippen LogP contribution in [0.25, 0.3) is 5.69 Å². The van der Waals surface area contributed by atoms with Gasteiger partial charge in [-0.1, -0.05) is 5.21 Å². The summed E-state index contributed by atoms with van der Waals surface area (Å²) in [5.74, 6) is -0.923. The Morgan fingerprint density at radius 2 is 2.28 bits per heavy atom. The zero-order valence-electron chi connectivity index (χ0n) is 9.25. The van der Waals surface area contributed by atoms with E-state index in [2.05, 4.69) is 10.3 Å². The van der Waals surface area contributed by atoms with Crippen LogP contribution in [0.15, 0.2) is 24.4 Å². The minimum absolute atomic E-state index is 0.318. The second-order valence-corrected chi connectivity index (χ2v) is 4.25.